The highest BCUT2D eigenvalue weighted by Crippen LogP contribution is 2.51. The summed E-state index contributed by atoms with van der Waals surface area (Å²) in [6.45, 7) is 11.6. The molecule has 2 rings (SSSR count). The van der Waals surface area contributed by atoms with Gasteiger partial charge in [0.2, 0.25) is 0 Å². The summed E-state index contributed by atoms with van der Waals surface area (Å²) in [4.78, 5) is 2.67. The van der Waals surface area contributed by atoms with Gasteiger partial charge in [0.1, 0.15) is 0 Å². The zero-order valence-electron chi connectivity index (χ0n) is 13.4. The molecule has 19 heavy (non-hydrogen) atoms. The summed E-state index contributed by atoms with van der Waals surface area (Å²) in [5.41, 5.74) is 0.874. The smallest absolute Gasteiger partial charge is 0.0555 e. The molecule has 2 aliphatic rings. The molecule has 0 aromatic heterocycles. The molecule has 2 atom stereocenters. The average molecular weight is 267 g/mol. The SMILES string of the molecule is CCN(CC(C)(C)C)C1CC(O)CCC12CCCC2. The molecule has 112 valence electrons. The molecule has 0 bridgehead atoms. The van der Waals surface area contributed by atoms with Gasteiger partial charge in [-0.05, 0) is 49.5 Å². The lowest BCUT2D eigenvalue weighted by molar-refractivity contribution is -0.0347. The van der Waals surface area contributed by atoms with Crippen LogP contribution in [0.3, 0.4) is 0 Å². The van der Waals surface area contributed by atoms with E-state index in [0.29, 0.717) is 16.9 Å². The Labute approximate surface area is 119 Å². The van der Waals surface area contributed by atoms with Gasteiger partial charge in [0.05, 0.1) is 6.10 Å². The van der Waals surface area contributed by atoms with Crippen LogP contribution in [0.1, 0.15) is 72.6 Å². The van der Waals surface area contributed by atoms with E-state index in [1.165, 1.54) is 32.1 Å². The van der Waals surface area contributed by atoms with Crippen LogP contribution in [0.4, 0.5) is 0 Å². The van der Waals surface area contributed by atoms with Gasteiger partial charge in [-0.2, -0.15) is 0 Å². The van der Waals surface area contributed by atoms with E-state index >= 15 is 0 Å². The molecule has 1 N–H and O–H groups in total. The Hall–Kier alpha value is -0.0800. The molecule has 0 amide bonds. The molecule has 2 unspecified atom stereocenters. The van der Waals surface area contributed by atoms with Gasteiger partial charge in [-0.25, -0.2) is 0 Å². The van der Waals surface area contributed by atoms with E-state index in [4.69, 9.17) is 0 Å². The molecule has 2 heteroatoms. The molecule has 2 fully saturated rings. The fourth-order valence-electron chi connectivity index (χ4n) is 4.50. The third-order valence-corrected chi connectivity index (χ3v) is 5.30. The third kappa shape index (κ3) is 3.52. The van der Waals surface area contributed by atoms with Crippen molar-refractivity contribution in [3.63, 3.8) is 0 Å². The topological polar surface area (TPSA) is 23.5 Å². The summed E-state index contributed by atoms with van der Waals surface area (Å²) in [6, 6.07) is 0.614. The van der Waals surface area contributed by atoms with Gasteiger partial charge in [-0.1, -0.05) is 40.5 Å². The predicted octanol–water partition coefficient (Wildman–Crippen LogP) is 3.83. The van der Waals surface area contributed by atoms with Crippen LogP contribution in [0.2, 0.25) is 0 Å². The van der Waals surface area contributed by atoms with Crippen LogP contribution in [0.25, 0.3) is 0 Å². The molecule has 0 radical (unpaired) electrons. The lowest BCUT2D eigenvalue weighted by Crippen LogP contribution is -2.53. The molecule has 2 aliphatic carbocycles. The second-order valence-corrected chi connectivity index (χ2v) is 8.14. The fourth-order valence-corrected chi connectivity index (χ4v) is 4.50. The Morgan fingerprint density at radius 1 is 1.16 bits per heavy atom. The summed E-state index contributed by atoms with van der Waals surface area (Å²) in [5, 5.41) is 10.1. The molecule has 0 saturated heterocycles. The molecule has 1 spiro atoms. The van der Waals surface area contributed by atoms with Crippen LogP contribution in [0, 0.1) is 10.8 Å². The Kier molecular flexibility index (Phi) is 4.62. The summed E-state index contributed by atoms with van der Waals surface area (Å²) >= 11 is 0. The minimum Gasteiger partial charge on any atom is -0.393 e. The largest absolute Gasteiger partial charge is 0.393 e. The number of nitrogens with zero attached hydrogens (tertiary/aromatic N) is 1. The van der Waals surface area contributed by atoms with Gasteiger partial charge >= 0.3 is 0 Å². The Balaban J connectivity index is 2.15. The van der Waals surface area contributed by atoms with Crippen LogP contribution >= 0.6 is 0 Å². The van der Waals surface area contributed by atoms with Crippen LogP contribution in [-0.4, -0.2) is 35.2 Å². The first-order valence-corrected chi connectivity index (χ1v) is 8.28. The van der Waals surface area contributed by atoms with Crippen molar-refractivity contribution in [2.75, 3.05) is 13.1 Å². The van der Waals surface area contributed by atoms with Crippen LogP contribution < -0.4 is 0 Å². The van der Waals surface area contributed by atoms with E-state index < -0.39 is 0 Å². The molecule has 0 aromatic carbocycles. The Bertz CT molecular complexity index is 288. The number of aliphatic hydroxyl groups excluding tert-OH is 1. The maximum absolute atomic E-state index is 10.1. The van der Waals surface area contributed by atoms with Crippen molar-refractivity contribution >= 4 is 0 Å². The quantitative estimate of drug-likeness (QED) is 0.840. The average Bonchev–Trinajstić information content (AvgIpc) is 2.78. The van der Waals surface area contributed by atoms with E-state index in [9.17, 15) is 5.11 Å². The standard InChI is InChI=1S/C17H33NO/c1-5-18(13-16(2,3)4)15-12-14(19)8-11-17(15)9-6-7-10-17/h14-15,19H,5-13H2,1-4H3. The highest BCUT2D eigenvalue weighted by Gasteiger charge is 2.47. The number of aliphatic hydroxyl groups is 1. The monoisotopic (exact) mass is 267 g/mol. The first-order chi connectivity index (χ1) is 8.86. The van der Waals surface area contributed by atoms with Crippen molar-refractivity contribution in [1.82, 2.24) is 4.90 Å². The maximum atomic E-state index is 10.1. The highest BCUT2D eigenvalue weighted by atomic mass is 16.3. The van der Waals surface area contributed by atoms with Crippen LogP contribution in [0.15, 0.2) is 0 Å². The van der Waals surface area contributed by atoms with Crippen molar-refractivity contribution in [2.45, 2.75) is 84.8 Å². The van der Waals surface area contributed by atoms with Crippen LogP contribution in [0.5, 0.6) is 0 Å². The van der Waals surface area contributed by atoms with E-state index in [-0.39, 0.29) is 6.10 Å². The van der Waals surface area contributed by atoms with Gasteiger partial charge in [0, 0.05) is 12.6 Å². The lowest BCUT2D eigenvalue weighted by atomic mass is 9.67. The Morgan fingerprint density at radius 2 is 1.79 bits per heavy atom. The first kappa shape index (κ1) is 15.3. The van der Waals surface area contributed by atoms with Gasteiger partial charge in [-0.3, -0.25) is 4.90 Å². The highest BCUT2D eigenvalue weighted by molar-refractivity contribution is 5.00. The fraction of sp³-hybridized carbons (Fsp3) is 1.00. The lowest BCUT2D eigenvalue weighted by Gasteiger charge is -2.50. The summed E-state index contributed by atoms with van der Waals surface area (Å²) < 4.78 is 0. The predicted molar refractivity (Wildman–Crippen MR) is 81.2 cm³/mol. The summed E-state index contributed by atoms with van der Waals surface area (Å²) in [7, 11) is 0. The second-order valence-electron chi connectivity index (χ2n) is 8.14. The van der Waals surface area contributed by atoms with Gasteiger partial charge in [-0.15, -0.1) is 0 Å². The van der Waals surface area contributed by atoms with Gasteiger partial charge in [0.25, 0.3) is 0 Å². The molecular weight excluding hydrogens is 234 g/mol. The maximum Gasteiger partial charge on any atom is 0.0555 e. The van der Waals surface area contributed by atoms with E-state index in [1.807, 2.05) is 0 Å². The van der Waals surface area contributed by atoms with E-state index in [0.717, 1.165) is 25.9 Å². The number of rotatable bonds is 3. The van der Waals surface area contributed by atoms with Crippen molar-refractivity contribution in [2.24, 2.45) is 10.8 Å². The number of hydrogen-bond acceptors (Lipinski definition) is 2. The van der Waals surface area contributed by atoms with Crippen molar-refractivity contribution in [3.8, 4) is 0 Å². The normalized spacial score (nSPS) is 31.3. The minimum absolute atomic E-state index is 0.0646. The zero-order chi connectivity index (χ0) is 14.1. The van der Waals surface area contributed by atoms with Crippen molar-refractivity contribution in [1.29, 1.82) is 0 Å². The number of hydrogen-bond donors (Lipinski definition) is 1. The van der Waals surface area contributed by atoms with E-state index in [1.54, 1.807) is 0 Å². The minimum atomic E-state index is -0.0646. The van der Waals surface area contributed by atoms with Crippen molar-refractivity contribution < 1.29 is 5.11 Å². The second kappa shape index (κ2) is 5.73. The Morgan fingerprint density at radius 3 is 2.32 bits per heavy atom. The van der Waals surface area contributed by atoms with Crippen LogP contribution in [-0.2, 0) is 0 Å². The molecule has 0 aromatic rings. The van der Waals surface area contributed by atoms with E-state index in [2.05, 4.69) is 32.6 Å². The summed E-state index contributed by atoms with van der Waals surface area (Å²) in [5.74, 6) is 0. The van der Waals surface area contributed by atoms with Gasteiger partial charge in [0.15, 0.2) is 0 Å². The van der Waals surface area contributed by atoms with Gasteiger partial charge < -0.3 is 5.11 Å². The van der Waals surface area contributed by atoms with Crippen molar-refractivity contribution in [3.05, 3.63) is 0 Å². The molecule has 2 saturated carbocycles. The molecule has 0 heterocycles. The molecule has 0 aliphatic heterocycles. The molecular formula is C17H33NO. The molecule has 2 nitrogen and oxygen atoms in total. The summed E-state index contributed by atoms with van der Waals surface area (Å²) in [6.07, 6.45) is 8.81. The first-order valence-electron chi connectivity index (χ1n) is 8.28. The zero-order valence-corrected chi connectivity index (χ0v) is 13.4. The third-order valence-electron chi connectivity index (χ3n) is 5.30.